The third-order valence-electron chi connectivity index (χ3n) is 2.02. The van der Waals surface area contributed by atoms with Gasteiger partial charge in [-0.3, -0.25) is 4.79 Å². The van der Waals surface area contributed by atoms with Crippen LogP contribution in [0, 0.1) is 6.92 Å². The van der Waals surface area contributed by atoms with Gasteiger partial charge in [0.15, 0.2) is 0 Å². The van der Waals surface area contributed by atoms with Crippen molar-refractivity contribution in [2.24, 2.45) is 5.84 Å². The maximum atomic E-state index is 11.9. The Hall–Kier alpha value is -1.48. The maximum absolute atomic E-state index is 11.9. The van der Waals surface area contributed by atoms with Crippen molar-refractivity contribution >= 4 is 23.5 Å². The van der Waals surface area contributed by atoms with Gasteiger partial charge in [-0.05, 0) is 30.8 Å². The van der Waals surface area contributed by atoms with Crippen molar-refractivity contribution in [2.75, 3.05) is 17.7 Å². The Bertz CT molecular complexity index is 453. The number of pyridine rings is 1. The van der Waals surface area contributed by atoms with Crippen molar-refractivity contribution in [1.82, 2.24) is 10.3 Å². The number of anilines is 1. The van der Waals surface area contributed by atoms with Crippen LogP contribution in [0.1, 0.15) is 16.1 Å². The first kappa shape index (κ1) is 15.6. The monoisotopic (exact) mass is 294 g/mol. The van der Waals surface area contributed by atoms with E-state index in [1.54, 1.807) is 6.92 Å². The summed E-state index contributed by atoms with van der Waals surface area (Å²) in [5.41, 5.74) is -1.11. The number of alkyl halides is 3. The van der Waals surface area contributed by atoms with Gasteiger partial charge in [0.1, 0.15) is 5.82 Å². The summed E-state index contributed by atoms with van der Waals surface area (Å²) in [6.07, 6.45) is 0. The highest BCUT2D eigenvalue weighted by atomic mass is 32.2. The van der Waals surface area contributed by atoms with E-state index in [0.717, 1.165) is 0 Å². The maximum Gasteiger partial charge on any atom is 0.441 e. The number of amides is 1. The fraction of sp³-hybridized carbons (Fsp3) is 0.400. The quantitative estimate of drug-likeness (QED) is 0.437. The molecule has 106 valence electrons. The molecule has 0 aromatic carbocycles. The fourth-order valence-electron chi connectivity index (χ4n) is 1.31. The smallest absolute Gasteiger partial charge is 0.351 e. The van der Waals surface area contributed by atoms with E-state index in [9.17, 15) is 18.0 Å². The van der Waals surface area contributed by atoms with Gasteiger partial charge in [-0.15, -0.1) is 0 Å². The van der Waals surface area contributed by atoms with Gasteiger partial charge >= 0.3 is 5.51 Å². The number of thioether (sulfide) groups is 1. The lowest BCUT2D eigenvalue weighted by atomic mass is 10.2. The zero-order chi connectivity index (χ0) is 14.5. The number of nitrogens with one attached hydrogen (secondary N) is 2. The number of nitrogens with two attached hydrogens (primary N) is 1. The summed E-state index contributed by atoms with van der Waals surface area (Å²) in [5, 5.41) is 2.39. The molecule has 0 aliphatic heterocycles. The molecule has 1 aromatic heterocycles. The average molecular weight is 294 g/mol. The molecule has 0 aliphatic rings. The number of hydrogen-bond donors (Lipinski definition) is 3. The highest BCUT2D eigenvalue weighted by Crippen LogP contribution is 2.29. The minimum atomic E-state index is -4.28. The van der Waals surface area contributed by atoms with E-state index >= 15 is 0 Å². The van der Waals surface area contributed by atoms with Crippen LogP contribution in [0.4, 0.5) is 19.0 Å². The molecule has 1 rings (SSSR count). The molecule has 0 unspecified atom stereocenters. The Balaban J connectivity index is 2.52. The zero-order valence-electron chi connectivity index (χ0n) is 10.0. The van der Waals surface area contributed by atoms with Gasteiger partial charge in [0, 0.05) is 23.6 Å². The summed E-state index contributed by atoms with van der Waals surface area (Å²) in [4.78, 5) is 15.7. The Labute approximate surface area is 112 Å². The number of halogens is 3. The van der Waals surface area contributed by atoms with Crippen LogP contribution in [-0.4, -0.2) is 28.7 Å². The lowest BCUT2D eigenvalue weighted by Crippen LogP contribution is -2.27. The van der Waals surface area contributed by atoms with Crippen molar-refractivity contribution in [3.8, 4) is 0 Å². The van der Waals surface area contributed by atoms with Gasteiger partial charge < -0.3 is 10.7 Å². The molecule has 0 fully saturated rings. The first-order valence-corrected chi connectivity index (χ1v) is 6.24. The molecule has 0 atom stereocenters. The summed E-state index contributed by atoms with van der Waals surface area (Å²) in [6, 6.07) is 2.94. The van der Waals surface area contributed by atoms with Crippen LogP contribution >= 0.6 is 11.8 Å². The standard InChI is InChI=1S/C10H13F3N4OS/c1-6-4-7(5-8(16-6)17-14)9(18)15-2-3-19-10(11,12)13/h4-5H,2-3,14H2,1H3,(H,15,18)(H,16,17). The minimum absolute atomic E-state index is 0.0736. The summed E-state index contributed by atoms with van der Waals surface area (Å²) >= 11 is -0.178. The molecule has 0 spiro atoms. The SMILES string of the molecule is Cc1cc(C(=O)NCCSC(F)(F)F)cc(NN)n1. The molecule has 0 saturated heterocycles. The number of aromatic nitrogens is 1. The highest BCUT2D eigenvalue weighted by molar-refractivity contribution is 8.00. The predicted octanol–water partition coefficient (Wildman–Crippen LogP) is 1.66. The number of hydrazine groups is 1. The molecule has 4 N–H and O–H groups in total. The third kappa shape index (κ3) is 5.79. The predicted molar refractivity (Wildman–Crippen MR) is 67.6 cm³/mol. The Morgan fingerprint density at radius 3 is 2.74 bits per heavy atom. The number of rotatable bonds is 5. The van der Waals surface area contributed by atoms with Crippen LogP contribution in [0.5, 0.6) is 0 Å². The zero-order valence-corrected chi connectivity index (χ0v) is 10.9. The van der Waals surface area contributed by atoms with Crippen molar-refractivity contribution in [3.05, 3.63) is 23.4 Å². The molecule has 0 bridgehead atoms. The largest absolute Gasteiger partial charge is 0.441 e. The second kappa shape index (κ2) is 6.62. The van der Waals surface area contributed by atoms with E-state index in [2.05, 4.69) is 15.7 Å². The summed E-state index contributed by atoms with van der Waals surface area (Å²) in [7, 11) is 0. The summed E-state index contributed by atoms with van der Waals surface area (Å²) in [6.45, 7) is 1.60. The van der Waals surface area contributed by atoms with E-state index in [1.165, 1.54) is 12.1 Å². The molecular weight excluding hydrogens is 281 g/mol. The van der Waals surface area contributed by atoms with Crippen molar-refractivity contribution in [1.29, 1.82) is 0 Å². The number of hydrogen-bond acceptors (Lipinski definition) is 5. The van der Waals surface area contributed by atoms with Gasteiger partial charge in [-0.1, -0.05) is 0 Å². The molecule has 1 heterocycles. The molecule has 0 radical (unpaired) electrons. The van der Waals surface area contributed by atoms with E-state index in [1.807, 2.05) is 0 Å². The van der Waals surface area contributed by atoms with Crippen LogP contribution < -0.4 is 16.6 Å². The number of carbonyl (C=O) groups is 1. The number of carbonyl (C=O) groups excluding carboxylic acids is 1. The molecule has 0 saturated carbocycles. The fourth-order valence-corrected chi connectivity index (χ4v) is 1.74. The molecule has 0 aliphatic carbocycles. The van der Waals surface area contributed by atoms with Crippen molar-refractivity contribution < 1.29 is 18.0 Å². The van der Waals surface area contributed by atoms with E-state index in [-0.39, 0.29) is 29.6 Å². The van der Waals surface area contributed by atoms with Crippen molar-refractivity contribution in [2.45, 2.75) is 12.4 Å². The van der Waals surface area contributed by atoms with E-state index in [4.69, 9.17) is 5.84 Å². The molecular formula is C10H13F3N4OS. The van der Waals surface area contributed by atoms with Crippen LogP contribution in [0.25, 0.3) is 0 Å². The summed E-state index contributed by atoms with van der Waals surface area (Å²) in [5.74, 6) is 4.80. The second-order valence-electron chi connectivity index (χ2n) is 3.58. The van der Waals surface area contributed by atoms with Gasteiger partial charge in [0.25, 0.3) is 5.91 Å². The van der Waals surface area contributed by atoms with Gasteiger partial charge in [0.05, 0.1) is 0 Å². The molecule has 5 nitrogen and oxygen atoms in total. The Morgan fingerprint density at radius 2 is 2.16 bits per heavy atom. The van der Waals surface area contributed by atoms with Crippen molar-refractivity contribution in [3.63, 3.8) is 0 Å². The number of nitrogen functional groups attached to an aromatic ring is 1. The lowest BCUT2D eigenvalue weighted by Gasteiger charge is -2.08. The minimum Gasteiger partial charge on any atom is -0.351 e. The topological polar surface area (TPSA) is 80.0 Å². The number of aryl methyl sites for hydroxylation is 1. The average Bonchev–Trinajstić information content (AvgIpc) is 2.32. The van der Waals surface area contributed by atoms with E-state index < -0.39 is 11.4 Å². The normalized spacial score (nSPS) is 11.2. The molecule has 19 heavy (non-hydrogen) atoms. The highest BCUT2D eigenvalue weighted by Gasteiger charge is 2.27. The first-order valence-electron chi connectivity index (χ1n) is 5.26. The van der Waals surface area contributed by atoms with Gasteiger partial charge in [0.2, 0.25) is 0 Å². The third-order valence-corrected chi connectivity index (χ3v) is 2.75. The van der Waals surface area contributed by atoms with Gasteiger partial charge in [-0.25, -0.2) is 10.8 Å². The number of nitrogens with zero attached hydrogens (tertiary/aromatic N) is 1. The lowest BCUT2D eigenvalue weighted by molar-refractivity contribution is -0.0327. The first-order chi connectivity index (χ1) is 8.81. The second-order valence-corrected chi connectivity index (χ2v) is 4.74. The molecule has 1 amide bonds. The van der Waals surface area contributed by atoms with Crippen LogP contribution in [0.2, 0.25) is 0 Å². The van der Waals surface area contributed by atoms with Crippen LogP contribution in [-0.2, 0) is 0 Å². The van der Waals surface area contributed by atoms with Crippen LogP contribution in [0.15, 0.2) is 12.1 Å². The molecule has 1 aromatic rings. The Kier molecular flexibility index (Phi) is 5.43. The van der Waals surface area contributed by atoms with E-state index in [0.29, 0.717) is 11.5 Å². The molecule has 9 heteroatoms. The Morgan fingerprint density at radius 1 is 1.47 bits per heavy atom. The van der Waals surface area contributed by atoms with Gasteiger partial charge in [-0.2, -0.15) is 13.2 Å². The van der Waals surface area contributed by atoms with Crippen LogP contribution in [0.3, 0.4) is 0 Å². The summed E-state index contributed by atoms with van der Waals surface area (Å²) < 4.78 is 35.6.